The number of allylic oxidation sites excluding steroid dienone is 2. The van der Waals surface area contributed by atoms with Gasteiger partial charge in [-0.3, -0.25) is 9.59 Å². The topological polar surface area (TPSA) is 83.4 Å². The highest BCUT2D eigenvalue weighted by molar-refractivity contribution is 6.01. The molecule has 1 amide bonds. The average Bonchev–Trinajstić information content (AvgIpc) is 3.20. The lowest BCUT2D eigenvalue weighted by Crippen LogP contribution is -2.51. The van der Waals surface area contributed by atoms with Crippen LogP contribution in [-0.2, 0) is 19.7 Å². The predicted octanol–water partition coefficient (Wildman–Crippen LogP) is 4.26. The van der Waals surface area contributed by atoms with Crippen molar-refractivity contribution in [2.24, 2.45) is 15.6 Å². The smallest absolute Gasteiger partial charge is 0.223 e. The number of nitrogens with zero attached hydrogens (tertiary/aromatic N) is 3. The lowest BCUT2D eigenvalue weighted by Gasteiger charge is -2.48. The molecule has 3 aliphatic rings. The number of anilines is 1. The minimum atomic E-state index is -0.623. The number of amides is 1. The van der Waals surface area contributed by atoms with E-state index in [0.717, 1.165) is 34.5 Å². The van der Waals surface area contributed by atoms with Gasteiger partial charge in [0, 0.05) is 49.5 Å². The number of ketones is 1. The number of rotatable bonds is 6. The maximum absolute atomic E-state index is 13.6. The van der Waals surface area contributed by atoms with Crippen LogP contribution in [0.5, 0.6) is 0 Å². The molecule has 2 aliphatic heterocycles. The number of azo groups is 1. The van der Waals surface area contributed by atoms with Crippen molar-refractivity contribution in [2.75, 3.05) is 25.2 Å². The second-order valence-electron chi connectivity index (χ2n) is 9.63. The Morgan fingerprint density at radius 1 is 1.31 bits per heavy atom. The monoisotopic (exact) mass is 436 g/mol. The molecule has 32 heavy (non-hydrogen) atoms. The summed E-state index contributed by atoms with van der Waals surface area (Å²) < 4.78 is 5.20. The molecule has 0 saturated carbocycles. The van der Waals surface area contributed by atoms with Crippen LogP contribution in [-0.4, -0.2) is 38.1 Å². The van der Waals surface area contributed by atoms with Crippen LogP contribution in [0.1, 0.15) is 52.5 Å². The molecule has 4 rings (SSSR count). The molecule has 1 aliphatic carbocycles. The molecule has 2 atom stereocenters. The number of fused-ring (bicyclic) bond motifs is 1. The maximum Gasteiger partial charge on any atom is 0.223 e. The molecule has 2 heterocycles. The summed E-state index contributed by atoms with van der Waals surface area (Å²) >= 11 is 0. The number of carbonyl (C=O) groups is 2. The van der Waals surface area contributed by atoms with Crippen LogP contribution in [0.4, 0.5) is 5.69 Å². The van der Waals surface area contributed by atoms with E-state index in [2.05, 4.69) is 42.4 Å². The summed E-state index contributed by atoms with van der Waals surface area (Å²) in [5.41, 5.74) is 3.87. The van der Waals surface area contributed by atoms with Gasteiger partial charge in [-0.2, -0.15) is 10.2 Å². The van der Waals surface area contributed by atoms with Crippen LogP contribution in [0.25, 0.3) is 0 Å². The summed E-state index contributed by atoms with van der Waals surface area (Å²) in [7, 11) is 1.62. The molecule has 1 N–H and O–H groups in total. The molecular formula is C25H32N4O3. The summed E-state index contributed by atoms with van der Waals surface area (Å²) in [4.78, 5) is 27.7. The highest BCUT2D eigenvalue weighted by atomic mass is 16.5. The molecule has 0 aromatic heterocycles. The minimum absolute atomic E-state index is 0.0478. The van der Waals surface area contributed by atoms with Crippen molar-refractivity contribution in [3.8, 4) is 0 Å². The summed E-state index contributed by atoms with van der Waals surface area (Å²) in [6, 6.07) is 7.99. The Bertz CT molecular complexity index is 1040. The number of nitrogens with one attached hydrogen (secondary N) is 1. The van der Waals surface area contributed by atoms with Crippen molar-refractivity contribution in [3.63, 3.8) is 0 Å². The normalized spacial score (nSPS) is 25.7. The fraction of sp³-hybridized carbons (Fsp3) is 0.520. The molecule has 0 bridgehead atoms. The molecule has 0 spiro atoms. The van der Waals surface area contributed by atoms with E-state index in [-0.39, 0.29) is 23.3 Å². The third kappa shape index (κ3) is 3.58. The van der Waals surface area contributed by atoms with E-state index in [1.807, 2.05) is 18.2 Å². The van der Waals surface area contributed by atoms with Crippen molar-refractivity contribution in [1.82, 2.24) is 5.32 Å². The first-order valence-electron chi connectivity index (χ1n) is 11.2. The number of benzene rings is 1. The molecule has 2 unspecified atom stereocenters. The molecule has 7 nitrogen and oxygen atoms in total. The molecule has 0 radical (unpaired) electrons. The summed E-state index contributed by atoms with van der Waals surface area (Å²) in [5.74, 6) is 0.124. The van der Waals surface area contributed by atoms with Gasteiger partial charge < -0.3 is 15.0 Å². The fourth-order valence-corrected chi connectivity index (χ4v) is 5.48. The Labute approximate surface area is 189 Å². The zero-order valence-corrected chi connectivity index (χ0v) is 19.6. The minimum Gasteiger partial charge on any atom is -0.383 e. The molecule has 1 aromatic carbocycles. The van der Waals surface area contributed by atoms with E-state index < -0.39 is 5.41 Å². The Hall–Kier alpha value is -2.80. The van der Waals surface area contributed by atoms with E-state index >= 15 is 0 Å². The zero-order valence-electron chi connectivity index (χ0n) is 19.6. The number of ether oxygens (including phenoxy) is 1. The lowest BCUT2D eigenvalue weighted by molar-refractivity contribution is -0.119. The number of methoxy groups -OCH3 is 1. The van der Waals surface area contributed by atoms with Crippen molar-refractivity contribution in [2.45, 2.75) is 58.5 Å². The quantitative estimate of drug-likeness (QED) is 0.722. The average molecular weight is 437 g/mol. The Kier molecular flexibility index (Phi) is 5.79. The first kappa shape index (κ1) is 22.4. The van der Waals surface area contributed by atoms with Crippen molar-refractivity contribution in [3.05, 3.63) is 52.9 Å². The Morgan fingerprint density at radius 3 is 2.78 bits per heavy atom. The van der Waals surface area contributed by atoms with Crippen LogP contribution in [0.2, 0.25) is 0 Å². The largest absolute Gasteiger partial charge is 0.383 e. The molecule has 7 heteroatoms. The Balaban J connectivity index is 1.89. The van der Waals surface area contributed by atoms with Crippen molar-refractivity contribution < 1.29 is 14.3 Å². The molecule has 170 valence electrons. The van der Waals surface area contributed by atoms with Gasteiger partial charge in [0.1, 0.15) is 0 Å². The first-order chi connectivity index (χ1) is 15.2. The number of hydrogen-bond donors (Lipinski definition) is 1. The Morgan fingerprint density at radius 2 is 2.09 bits per heavy atom. The highest BCUT2D eigenvalue weighted by Crippen LogP contribution is 2.53. The van der Waals surface area contributed by atoms with Gasteiger partial charge in [0.25, 0.3) is 0 Å². The fourth-order valence-electron chi connectivity index (χ4n) is 5.48. The van der Waals surface area contributed by atoms with Gasteiger partial charge in [-0.05, 0) is 36.0 Å². The van der Waals surface area contributed by atoms with E-state index in [1.165, 1.54) is 0 Å². The molecule has 0 fully saturated rings. The van der Waals surface area contributed by atoms with Gasteiger partial charge in [-0.1, -0.05) is 32.9 Å². The standard InChI is InChI=1S/C25H32N4O3/c1-6-25(17-8-7-9-18(12-17)29(16(2)30)10-11-32-5)19-15-26-28-23(19)27-20-13-24(3,4)14-21(31)22(20)25/h7-9,12,15,23,27H,6,10-11,13-14H2,1-5H3. The van der Waals surface area contributed by atoms with Crippen molar-refractivity contribution >= 4 is 17.4 Å². The second-order valence-corrected chi connectivity index (χ2v) is 9.63. The summed E-state index contributed by atoms with van der Waals surface area (Å²) in [6.45, 7) is 8.84. The van der Waals surface area contributed by atoms with Gasteiger partial charge in [0.05, 0.1) is 18.2 Å². The lowest BCUT2D eigenvalue weighted by atomic mass is 9.59. The summed E-state index contributed by atoms with van der Waals surface area (Å²) in [6.07, 6.45) is 3.54. The van der Waals surface area contributed by atoms with Gasteiger partial charge >= 0.3 is 0 Å². The first-order valence-corrected chi connectivity index (χ1v) is 11.2. The number of hydrogen-bond acceptors (Lipinski definition) is 6. The van der Waals surface area contributed by atoms with E-state index in [4.69, 9.17) is 4.74 Å². The maximum atomic E-state index is 13.6. The molecular weight excluding hydrogens is 404 g/mol. The third-order valence-electron chi connectivity index (χ3n) is 6.86. The molecule has 0 saturated heterocycles. The van der Waals surface area contributed by atoms with Crippen LogP contribution in [0.15, 0.2) is 57.5 Å². The SMILES string of the molecule is CCC1(c2cccc(N(CCOC)C(C)=O)c2)C2=CN=NC2NC2=C1C(=O)CC(C)(C)C2. The third-order valence-corrected chi connectivity index (χ3v) is 6.86. The molecule has 1 aromatic rings. The van der Waals surface area contributed by atoms with Crippen molar-refractivity contribution in [1.29, 1.82) is 0 Å². The van der Waals surface area contributed by atoms with Crippen LogP contribution in [0, 0.1) is 5.41 Å². The predicted molar refractivity (Wildman–Crippen MR) is 123 cm³/mol. The van der Waals surface area contributed by atoms with E-state index in [9.17, 15) is 9.59 Å². The highest BCUT2D eigenvalue weighted by Gasteiger charge is 2.53. The number of carbonyl (C=O) groups excluding carboxylic acids is 2. The van der Waals surface area contributed by atoms with Gasteiger partial charge in [-0.15, -0.1) is 0 Å². The zero-order chi connectivity index (χ0) is 23.1. The number of Topliss-reactive ketones (excluding diaryl/α,β-unsaturated/α-hetero) is 1. The van der Waals surface area contributed by atoms with Gasteiger partial charge in [0.2, 0.25) is 5.91 Å². The van der Waals surface area contributed by atoms with Gasteiger partial charge in [-0.25, -0.2) is 0 Å². The van der Waals surface area contributed by atoms with Gasteiger partial charge in [0.15, 0.2) is 11.9 Å². The summed E-state index contributed by atoms with van der Waals surface area (Å²) in [5, 5.41) is 12.1. The van der Waals surface area contributed by atoms with E-state index in [1.54, 1.807) is 25.1 Å². The van der Waals surface area contributed by atoms with Crippen LogP contribution < -0.4 is 10.2 Å². The second kappa shape index (κ2) is 8.28. The van der Waals surface area contributed by atoms with E-state index in [0.29, 0.717) is 26.0 Å². The van der Waals surface area contributed by atoms with Crippen LogP contribution >= 0.6 is 0 Å². The van der Waals surface area contributed by atoms with Crippen LogP contribution in [0.3, 0.4) is 0 Å².